The normalized spacial score (nSPS) is 23.3. The standard InChI is InChI=1S/C13H20N2O3/c1-8(2)11-14-9(3)10(18-11)12(17)15-6-5-13(15,4)7-16/h8,16H,5-7H2,1-4H3. The van der Waals surface area contributed by atoms with Gasteiger partial charge in [-0.25, -0.2) is 4.98 Å². The molecule has 18 heavy (non-hydrogen) atoms. The van der Waals surface area contributed by atoms with E-state index in [-0.39, 0.29) is 18.4 Å². The lowest BCUT2D eigenvalue weighted by molar-refractivity contribution is -0.0250. The second-order valence-corrected chi connectivity index (χ2v) is 5.48. The van der Waals surface area contributed by atoms with Crippen molar-refractivity contribution >= 4 is 5.91 Å². The average molecular weight is 252 g/mol. The molecule has 1 fully saturated rings. The average Bonchev–Trinajstić information content (AvgIpc) is 2.69. The van der Waals surface area contributed by atoms with E-state index in [4.69, 9.17) is 4.42 Å². The molecule has 0 radical (unpaired) electrons. The Morgan fingerprint density at radius 1 is 1.61 bits per heavy atom. The molecule has 5 nitrogen and oxygen atoms in total. The molecule has 1 amide bonds. The third kappa shape index (κ3) is 1.92. The van der Waals surface area contributed by atoms with E-state index in [9.17, 15) is 9.90 Å². The van der Waals surface area contributed by atoms with Crippen molar-refractivity contribution in [2.75, 3.05) is 13.2 Å². The minimum Gasteiger partial charge on any atom is -0.435 e. The highest BCUT2D eigenvalue weighted by Crippen LogP contribution is 2.32. The number of amides is 1. The molecule has 0 saturated carbocycles. The molecule has 1 aromatic rings. The number of nitrogens with zero attached hydrogens (tertiary/aromatic N) is 2. The van der Waals surface area contributed by atoms with E-state index in [1.807, 2.05) is 20.8 Å². The van der Waals surface area contributed by atoms with E-state index in [1.54, 1.807) is 11.8 Å². The monoisotopic (exact) mass is 252 g/mol. The van der Waals surface area contributed by atoms with E-state index in [0.29, 0.717) is 23.9 Å². The van der Waals surface area contributed by atoms with Gasteiger partial charge in [0, 0.05) is 12.5 Å². The lowest BCUT2D eigenvalue weighted by Gasteiger charge is -2.49. The largest absolute Gasteiger partial charge is 0.435 e. The van der Waals surface area contributed by atoms with Crippen LogP contribution in [0.5, 0.6) is 0 Å². The highest BCUT2D eigenvalue weighted by atomic mass is 16.4. The van der Waals surface area contributed by atoms with Crippen LogP contribution in [0, 0.1) is 6.92 Å². The maximum atomic E-state index is 12.3. The number of carbonyl (C=O) groups excluding carboxylic acids is 1. The van der Waals surface area contributed by atoms with Crippen molar-refractivity contribution in [3.63, 3.8) is 0 Å². The highest BCUT2D eigenvalue weighted by Gasteiger charge is 2.44. The molecule has 1 aliphatic heterocycles. The van der Waals surface area contributed by atoms with Gasteiger partial charge in [0.2, 0.25) is 5.76 Å². The predicted molar refractivity (Wildman–Crippen MR) is 66.5 cm³/mol. The van der Waals surface area contributed by atoms with Crippen molar-refractivity contribution < 1.29 is 14.3 Å². The molecular formula is C13H20N2O3. The van der Waals surface area contributed by atoms with Crippen LogP contribution in [0.4, 0.5) is 0 Å². The highest BCUT2D eigenvalue weighted by molar-refractivity contribution is 5.93. The number of aliphatic hydroxyl groups is 1. The topological polar surface area (TPSA) is 66.6 Å². The van der Waals surface area contributed by atoms with Gasteiger partial charge < -0.3 is 14.4 Å². The van der Waals surface area contributed by atoms with Crippen LogP contribution < -0.4 is 0 Å². The minimum atomic E-state index is -0.450. The molecule has 0 spiro atoms. The van der Waals surface area contributed by atoms with Gasteiger partial charge in [-0.3, -0.25) is 4.79 Å². The smallest absolute Gasteiger partial charge is 0.292 e. The fraction of sp³-hybridized carbons (Fsp3) is 0.692. The summed E-state index contributed by atoms with van der Waals surface area (Å²) in [6.07, 6.45) is 0.819. The third-order valence-electron chi connectivity index (χ3n) is 3.61. The second kappa shape index (κ2) is 4.39. The van der Waals surface area contributed by atoms with Crippen molar-refractivity contribution in [2.45, 2.75) is 45.6 Å². The molecule has 1 atom stereocenters. The first-order valence-electron chi connectivity index (χ1n) is 6.29. The van der Waals surface area contributed by atoms with Crippen LogP contribution in [0.2, 0.25) is 0 Å². The number of carbonyl (C=O) groups is 1. The summed E-state index contributed by atoms with van der Waals surface area (Å²) in [6.45, 7) is 8.24. The number of oxazole rings is 1. The van der Waals surface area contributed by atoms with Gasteiger partial charge in [-0.1, -0.05) is 13.8 Å². The Morgan fingerprint density at radius 2 is 2.28 bits per heavy atom. The Labute approximate surface area is 107 Å². The number of rotatable bonds is 3. The molecule has 0 aromatic carbocycles. The van der Waals surface area contributed by atoms with Gasteiger partial charge in [0.05, 0.1) is 17.8 Å². The van der Waals surface area contributed by atoms with Gasteiger partial charge in [0.1, 0.15) is 0 Å². The zero-order valence-electron chi connectivity index (χ0n) is 11.4. The maximum absolute atomic E-state index is 12.3. The first-order valence-corrected chi connectivity index (χ1v) is 6.29. The summed E-state index contributed by atoms with van der Waals surface area (Å²) >= 11 is 0. The number of aliphatic hydroxyl groups excluding tert-OH is 1. The second-order valence-electron chi connectivity index (χ2n) is 5.48. The lowest BCUT2D eigenvalue weighted by atomic mass is 9.87. The van der Waals surface area contributed by atoms with Gasteiger partial charge in [0.15, 0.2) is 5.89 Å². The summed E-state index contributed by atoms with van der Waals surface area (Å²) in [6, 6.07) is 0. The molecule has 1 aromatic heterocycles. The van der Waals surface area contributed by atoms with Gasteiger partial charge in [0.25, 0.3) is 5.91 Å². The fourth-order valence-electron chi connectivity index (χ4n) is 2.10. The number of aryl methyl sites for hydroxylation is 1. The van der Waals surface area contributed by atoms with Crippen LogP contribution in [0.25, 0.3) is 0 Å². The van der Waals surface area contributed by atoms with E-state index < -0.39 is 5.54 Å². The SMILES string of the molecule is Cc1nc(C(C)C)oc1C(=O)N1CCC1(C)CO. The molecule has 2 rings (SSSR count). The summed E-state index contributed by atoms with van der Waals surface area (Å²) < 4.78 is 5.55. The van der Waals surface area contributed by atoms with Gasteiger partial charge in [-0.2, -0.15) is 0 Å². The molecule has 1 N–H and O–H groups in total. The van der Waals surface area contributed by atoms with Crippen molar-refractivity contribution in [1.82, 2.24) is 9.88 Å². The van der Waals surface area contributed by atoms with Gasteiger partial charge in [-0.05, 0) is 20.3 Å². The third-order valence-corrected chi connectivity index (χ3v) is 3.61. The van der Waals surface area contributed by atoms with E-state index in [1.165, 1.54) is 0 Å². The molecule has 100 valence electrons. The van der Waals surface area contributed by atoms with E-state index in [2.05, 4.69) is 4.98 Å². The Kier molecular flexibility index (Phi) is 3.19. The Bertz CT molecular complexity index is 463. The molecule has 0 aliphatic carbocycles. The number of hydrogen-bond donors (Lipinski definition) is 1. The van der Waals surface area contributed by atoms with Crippen LogP contribution in [-0.4, -0.2) is 39.6 Å². The molecule has 1 unspecified atom stereocenters. The lowest BCUT2D eigenvalue weighted by Crippen LogP contribution is -2.62. The van der Waals surface area contributed by atoms with E-state index >= 15 is 0 Å². The minimum absolute atomic E-state index is 0.0248. The Hall–Kier alpha value is -1.36. The zero-order chi connectivity index (χ0) is 13.5. The predicted octanol–water partition coefficient (Wildman–Crippen LogP) is 1.70. The van der Waals surface area contributed by atoms with Crippen molar-refractivity contribution in [1.29, 1.82) is 0 Å². The first kappa shape index (κ1) is 13.1. The first-order chi connectivity index (χ1) is 8.39. The summed E-state index contributed by atoms with van der Waals surface area (Å²) in [4.78, 5) is 18.3. The maximum Gasteiger partial charge on any atom is 0.292 e. The Balaban J connectivity index is 2.24. The summed E-state index contributed by atoms with van der Waals surface area (Å²) in [7, 11) is 0. The zero-order valence-corrected chi connectivity index (χ0v) is 11.4. The van der Waals surface area contributed by atoms with Gasteiger partial charge in [-0.15, -0.1) is 0 Å². The Morgan fingerprint density at radius 3 is 2.67 bits per heavy atom. The molecule has 5 heteroatoms. The number of likely N-dealkylation sites (tertiary alicyclic amines) is 1. The molecular weight excluding hydrogens is 232 g/mol. The van der Waals surface area contributed by atoms with Crippen LogP contribution in [-0.2, 0) is 0 Å². The summed E-state index contributed by atoms with van der Waals surface area (Å²) in [5.41, 5.74) is 0.171. The number of aromatic nitrogens is 1. The van der Waals surface area contributed by atoms with Crippen molar-refractivity contribution in [3.8, 4) is 0 Å². The summed E-state index contributed by atoms with van der Waals surface area (Å²) in [5, 5.41) is 9.33. The fourth-order valence-corrected chi connectivity index (χ4v) is 2.10. The van der Waals surface area contributed by atoms with Crippen LogP contribution in [0.1, 0.15) is 55.2 Å². The molecule has 0 bridgehead atoms. The molecule has 1 saturated heterocycles. The number of hydrogen-bond acceptors (Lipinski definition) is 4. The molecule has 2 heterocycles. The van der Waals surface area contributed by atoms with Gasteiger partial charge >= 0.3 is 0 Å². The van der Waals surface area contributed by atoms with Crippen LogP contribution in [0.15, 0.2) is 4.42 Å². The van der Waals surface area contributed by atoms with Crippen molar-refractivity contribution in [2.24, 2.45) is 0 Å². The van der Waals surface area contributed by atoms with Crippen LogP contribution >= 0.6 is 0 Å². The summed E-state index contributed by atoms with van der Waals surface area (Å²) in [5.74, 6) is 0.876. The molecule has 1 aliphatic rings. The van der Waals surface area contributed by atoms with Crippen molar-refractivity contribution in [3.05, 3.63) is 17.3 Å². The van der Waals surface area contributed by atoms with Crippen LogP contribution in [0.3, 0.4) is 0 Å². The van der Waals surface area contributed by atoms with E-state index in [0.717, 1.165) is 6.42 Å². The quantitative estimate of drug-likeness (QED) is 0.889.